The summed E-state index contributed by atoms with van der Waals surface area (Å²) in [7, 11) is 1.65. The van der Waals surface area contributed by atoms with Gasteiger partial charge in [0.05, 0.1) is 13.7 Å². The molecule has 1 aromatic rings. The number of benzene rings is 1. The molecule has 4 heteroatoms. The molecule has 0 bridgehead atoms. The normalized spacial score (nSPS) is 13.8. The lowest BCUT2D eigenvalue weighted by molar-refractivity contribution is 0.214. The molecule has 0 aliphatic heterocycles. The molecule has 0 aliphatic carbocycles. The summed E-state index contributed by atoms with van der Waals surface area (Å²) < 4.78 is 10.9. The van der Waals surface area contributed by atoms with Crippen LogP contribution < -0.4 is 15.2 Å². The van der Waals surface area contributed by atoms with Gasteiger partial charge < -0.3 is 20.3 Å². The quantitative estimate of drug-likeness (QED) is 0.730. The Morgan fingerprint density at radius 3 is 2.50 bits per heavy atom. The van der Waals surface area contributed by atoms with Crippen molar-refractivity contribution in [3.05, 3.63) is 23.8 Å². The first kappa shape index (κ1) is 16.8. The highest BCUT2D eigenvalue weighted by atomic mass is 16.5. The minimum atomic E-state index is 0.140. The van der Waals surface area contributed by atoms with Crippen LogP contribution in [-0.2, 0) is 0 Å². The molecule has 3 N–H and O–H groups in total. The van der Waals surface area contributed by atoms with Gasteiger partial charge in [-0.1, -0.05) is 13.0 Å². The van der Waals surface area contributed by atoms with Gasteiger partial charge in [-0.15, -0.1) is 0 Å². The summed E-state index contributed by atoms with van der Waals surface area (Å²) in [5.74, 6) is 2.06. The fourth-order valence-corrected chi connectivity index (χ4v) is 2.40. The molecule has 0 radical (unpaired) electrons. The predicted molar refractivity (Wildman–Crippen MR) is 81.4 cm³/mol. The highest BCUT2D eigenvalue weighted by molar-refractivity contribution is 5.44. The highest BCUT2D eigenvalue weighted by Gasteiger charge is 2.17. The summed E-state index contributed by atoms with van der Waals surface area (Å²) in [6, 6.07) is 6.06. The molecule has 0 saturated heterocycles. The van der Waals surface area contributed by atoms with Crippen LogP contribution in [0.3, 0.4) is 0 Å². The van der Waals surface area contributed by atoms with Crippen molar-refractivity contribution in [2.45, 2.75) is 32.6 Å². The van der Waals surface area contributed by atoms with Crippen molar-refractivity contribution in [1.29, 1.82) is 0 Å². The molecule has 0 amide bonds. The molecule has 1 aromatic carbocycles. The third-order valence-corrected chi connectivity index (χ3v) is 3.66. The van der Waals surface area contributed by atoms with Crippen LogP contribution in [0.25, 0.3) is 0 Å². The van der Waals surface area contributed by atoms with Crippen molar-refractivity contribution >= 4 is 0 Å². The van der Waals surface area contributed by atoms with Crippen LogP contribution in [0, 0.1) is 5.92 Å². The van der Waals surface area contributed by atoms with Gasteiger partial charge in [0, 0.05) is 6.61 Å². The molecular weight excluding hydrogens is 254 g/mol. The van der Waals surface area contributed by atoms with Gasteiger partial charge in [0.1, 0.15) is 0 Å². The van der Waals surface area contributed by atoms with E-state index >= 15 is 0 Å². The Morgan fingerprint density at radius 2 is 2.00 bits per heavy atom. The number of rotatable bonds is 9. The van der Waals surface area contributed by atoms with Gasteiger partial charge in [-0.3, -0.25) is 0 Å². The standard InChI is InChI=1S/C16H27NO3/c1-4-13(8-12(10-17)11-18)14-6-7-15(20-5-2)16(9-14)19-3/h6-7,9,12-13,18H,4-5,8,10-11,17H2,1-3H3. The fraction of sp³-hybridized carbons (Fsp3) is 0.625. The molecule has 4 nitrogen and oxygen atoms in total. The molecule has 0 saturated carbocycles. The Labute approximate surface area is 121 Å². The average molecular weight is 281 g/mol. The molecule has 0 spiro atoms. The summed E-state index contributed by atoms with van der Waals surface area (Å²) in [6.45, 7) is 5.38. The first-order valence-electron chi connectivity index (χ1n) is 7.31. The maximum absolute atomic E-state index is 9.31. The van der Waals surface area contributed by atoms with Crippen LogP contribution >= 0.6 is 0 Å². The maximum Gasteiger partial charge on any atom is 0.161 e. The van der Waals surface area contributed by atoms with Crippen LogP contribution in [0.1, 0.15) is 38.2 Å². The molecule has 1 rings (SSSR count). The van der Waals surface area contributed by atoms with Crippen LogP contribution in [-0.4, -0.2) is 32.0 Å². The van der Waals surface area contributed by atoms with Crippen molar-refractivity contribution < 1.29 is 14.6 Å². The fourth-order valence-electron chi connectivity index (χ4n) is 2.40. The van der Waals surface area contributed by atoms with Crippen LogP contribution in [0.4, 0.5) is 0 Å². The minimum Gasteiger partial charge on any atom is -0.493 e. The molecule has 0 fully saturated rings. The van der Waals surface area contributed by atoms with Crippen LogP contribution in [0.2, 0.25) is 0 Å². The number of aliphatic hydroxyl groups is 1. The van der Waals surface area contributed by atoms with E-state index in [1.807, 2.05) is 19.1 Å². The Hall–Kier alpha value is -1.26. The topological polar surface area (TPSA) is 64.7 Å². The number of nitrogens with two attached hydrogens (primary N) is 1. The van der Waals surface area contributed by atoms with Crippen molar-refractivity contribution in [2.24, 2.45) is 11.7 Å². The minimum absolute atomic E-state index is 0.140. The van der Waals surface area contributed by atoms with Crippen LogP contribution in [0.15, 0.2) is 18.2 Å². The molecule has 0 aromatic heterocycles. The van der Waals surface area contributed by atoms with E-state index in [1.54, 1.807) is 7.11 Å². The summed E-state index contributed by atoms with van der Waals surface area (Å²) in [5.41, 5.74) is 6.89. The zero-order valence-electron chi connectivity index (χ0n) is 12.8. The van der Waals surface area contributed by atoms with E-state index in [2.05, 4.69) is 13.0 Å². The number of ether oxygens (including phenoxy) is 2. The zero-order valence-corrected chi connectivity index (χ0v) is 12.8. The van der Waals surface area contributed by atoms with Crippen molar-refractivity contribution in [1.82, 2.24) is 0 Å². The van der Waals surface area contributed by atoms with E-state index in [1.165, 1.54) is 5.56 Å². The molecule has 0 aliphatic rings. The van der Waals surface area contributed by atoms with Gasteiger partial charge in [0.2, 0.25) is 0 Å². The third-order valence-electron chi connectivity index (χ3n) is 3.66. The molecule has 0 heterocycles. The lowest BCUT2D eigenvalue weighted by atomic mass is 9.87. The van der Waals surface area contributed by atoms with Gasteiger partial charge in [-0.05, 0) is 55.8 Å². The number of methoxy groups -OCH3 is 1. The van der Waals surface area contributed by atoms with Crippen molar-refractivity contribution in [2.75, 3.05) is 26.9 Å². The Kier molecular flexibility index (Phi) is 7.41. The second-order valence-electron chi connectivity index (χ2n) is 4.97. The van der Waals surface area contributed by atoms with Crippen molar-refractivity contribution in [3.63, 3.8) is 0 Å². The number of hydrogen-bond acceptors (Lipinski definition) is 4. The predicted octanol–water partition coefficient (Wildman–Crippen LogP) is 2.54. The molecule has 2 atom stereocenters. The lowest BCUT2D eigenvalue weighted by Crippen LogP contribution is -2.20. The van der Waals surface area contributed by atoms with E-state index in [-0.39, 0.29) is 12.5 Å². The Morgan fingerprint density at radius 1 is 1.25 bits per heavy atom. The van der Waals surface area contributed by atoms with Gasteiger partial charge in [0.25, 0.3) is 0 Å². The van der Waals surface area contributed by atoms with E-state index in [0.717, 1.165) is 24.3 Å². The summed E-state index contributed by atoms with van der Waals surface area (Å²) >= 11 is 0. The third kappa shape index (κ3) is 4.39. The maximum atomic E-state index is 9.31. The second kappa shape index (κ2) is 8.82. The first-order chi connectivity index (χ1) is 9.69. The highest BCUT2D eigenvalue weighted by Crippen LogP contribution is 2.34. The zero-order chi connectivity index (χ0) is 15.0. The van der Waals surface area contributed by atoms with Gasteiger partial charge in [0.15, 0.2) is 11.5 Å². The van der Waals surface area contributed by atoms with E-state index in [4.69, 9.17) is 15.2 Å². The molecule has 20 heavy (non-hydrogen) atoms. The SMILES string of the molecule is CCOc1ccc(C(CC)CC(CN)CO)cc1OC. The van der Waals surface area contributed by atoms with Gasteiger partial charge >= 0.3 is 0 Å². The van der Waals surface area contributed by atoms with Gasteiger partial charge in [-0.2, -0.15) is 0 Å². The first-order valence-corrected chi connectivity index (χ1v) is 7.31. The van der Waals surface area contributed by atoms with Crippen molar-refractivity contribution in [3.8, 4) is 11.5 Å². The summed E-state index contributed by atoms with van der Waals surface area (Å²) in [4.78, 5) is 0. The largest absolute Gasteiger partial charge is 0.493 e. The van der Waals surface area contributed by atoms with E-state index < -0.39 is 0 Å². The van der Waals surface area contributed by atoms with E-state index in [9.17, 15) is 5.11 Å². The Balaban J connectivity index is 2.92. The molecule has 114 valence electrons. The second-order valence-corrected chi connectivity index (χ2v) is 4.97. The van der Waals surface area contributed by atoms with Crippen LogP contribution in [0.5, 0.6) is 11.5 Å². The van der Waals surface area contributed by atoms with E-state index in [0.29, 0.717) is 19.1 Å². The number of hydrogen-bond donors (Lipinski definition) is 2. The smallest absolute Gasteiger partial charge is 0.161 e. The lowest BCUT2D eigenvalue weighted by Gasteiger charge is -2.21. The Bertz CT molecular complexity index is 391. The van der Waals surface area contributed by atoms with Gasteiger partial charge in [-0.25, -0.2) is 0 Å². The summed E-state index contributed by atoms with van der Waals surface area (Å²) in [5, 5.41) is 9.31. The average Bonchev–Trinajstić information content (AvgIpc) is 2.49. The molecule has 2 unspecified atom stereocenters. The summed E-state index contributed by atoms with van der Waals surface area (Å²) in [6.07, 6.45) is 1.90. The number of aliphatic hydroxyl groups excluding tert-OH is 1. The molecular formula is C16H27NO3. The monoisotopic (exact) mass is 281 g/mol.